The zero-order valence-electron chi connectivity index (χ0n) is 19.8. The maximum atomic E-state index is 12.7. The summed E-state index contributed by atoms with van der Waals surface area (Å²) in [5, 5.41) is 1.41. The van der Waals surface area contributed by atoms with E-state index in [4.69, 9.17) is 4.74 Å². The summed E-state index contributed by atoms with van der Waals surface area (Å²) < 4.78 is 5.42. The van der Waals surface area contributed by atoms with Gasteiger partial charge in [0.2, 0.25) is 0 Å². The quantitative estimate of drug-likeness (QED) is 0.380. The molecule has 3 aliphatic rings. The average Bonchev–Trinajstić information content (AvgIpc) is 3.04. The molecule has 3 nitrogen and oxygen atoms in total. The number of nitrogens with zero attached hydrogens (tertiary/aromatic N) is 1. The lowest BCUT2D eigenvalue weighted by atomic mass is 9.93. The number of ether oxygens (including phenoxy) is 1. The SMILES string of the molecule is O=C(C=C1CCCN(c2ccc(CC3CCCc4ccccc4C3)s2)CC1)C1CCOCC1. The van der Waals surface area contributed by atoms with Crippen molar-refractivity contribution < 1.29 is 9.53 Å². The Labute approximate surface area is 202 Å². The first-order valence-electron chi connectivity index (χ1n) is 13.0. The second-order valence-corrected chi connectivity index (χ2v) is 11.3. The molecule has 0 bridgehead atoms. The molecule has 0 saturated carbocycles. The maximum Gasteiger partial charge on any atom is 0.158 e. The van der Waals surface area contributed by atoms with Crippen molar-refractivity contribution in [2.24, 2.45) is 11.8 Å². The topological polar surface area (TPSA) is 29.5 Å². The van der Waals surface area contributed by atoms with Crippen LogP contribution in [0.1, 0.15) is 60.9 Å². The minimum atomic E-state index is 0.182. The number of anilines is 1. The second-order valence-electron chi connectivity index (χ2n) is 10.1. The molecule has 0 amide bonds. The van der Waals surface area contributed by atoms with Crippen LogP contribution < -0.4 is 4.90 Å². The van der Waals surface area contributed by atoms with Gasteiger partial charge in [0.05, 0.1) is 5.00 Å². The molecular weight excluding hydrogens is 426 g/mol. The van der Waals surface area contributed by atoms with Gasteiger partial charge in [-0.05, 0) is 99.5 Å². The highest BCUT2D eigenvalue weighted by Gasteiger charge is 2.22. The van der Waals surface area contributed by atoms with Crippen molar-refractivity contribution in [1.29, 1.82) is 0 Å². The lowest BCUT2D eigenvalue weighted by Crippen LogP contribution is -2.23. The van der Waals surface area contributed by atoms with Gasteiger partial charge in [0.1, 0.15) is 0 Å². The predicted octanol–water partition coefficient (Wildman–Crippen LogP) is 6.40. The Morgan fingerprint density at radius 2 is 1.82 bits per heavy atom. The molecule has 3 heterocycles. The summed E-state index contributed by atoms with van der Waals surface area (Å²) in [5.41, 5.74) is 4.48. The molecule has 0 spiro atoms. The average molecular weight is 464 g/mol. The molecule has 2 aliphatic heterocycles. The van der Waals surface area contributed by atoms with Crippen molar-refractivity contribution >= 4 is 22.1 Å². The van der Waals surface area contributed by atoms with Crippen molar-refractivity contribution in [2.45, 2.75) is 64.2 Å². The van der Waals surface area contributed by atoms with E-state index in [-0.39, 0.29) is 5.92 Å². The zero-order valence-corrected chi connectivity index (χ0v) is 20.6. The number of aryl methyl sites for hydroxylation is 1. The number of rotatable bonds is 5. The molecule has 176 valence electrons. The van der Waals surface area contributed by atoms with Crippen LogP contribution in [0, 0.1) is 11.8 Å². The van der Waals surface area contributed by atoms with E-state index in [0.29, 0.717) is 5.78 Å². The van der Waals surface area contributed by atoms with E-state index in [2.05, 4.69) is 41.3 Å². The van der Waals surface area contributed by atoms with Crippen molar-refractivity contribution in [3.8, 4) is 0 Å². The normalized spacial score (nSPS) is 23.7. The first-order chi connectivity index (χ1) is 16.2. The molecule has 1 aliphatic carbocycles. The number of carbonyl (C=O) groups is 1. The van der Waals surface area contributed by atoms with Gasteiger partial charge < -0.3 is 9.64 Å². The van der Waals surface area contributed by atoms with Gasteiger partial charge in [-0.15, -0.1) is 11.3 Å². The van der Waals surface area contributed by atoms with Gasteiger partial charge in [0, 0.05) is 37.1 Å². The van der Waals surface area contributed by atoms with Crippen LogP contribution in [0.25, 0.3) is 0 Å². The van der Waals surface area contributed by atoms with Gasteiger partial charge in [-0.3, -0.25) is 4.79 Å². The molecule has 2 aromatic rings. The number of hydrogen-bond donors (Lipinski definition) is 0. The third kappa shape index (κ3) is 5.96. The van der Waals surface area contributed by atoms with Crippen LogP contribution in [-0.2, 0) is 28.8 Å². The fourth-order valence-electron chi connectivity index (χ4n) is 5.78. The van der Waals surface area contributed by atoms with Crippen molar-refractivity contribution in [3.63, 3.8) is 0 Å². The van der Waals surface area contributed by atoms with Gasteiger partial charge in [-0.2, -0.15) is 0 Å². The van der Waals surface area contributed by atoms with Gasteiger partial charge in [0.15, 0.2) is 5.78 Å². The summed E-state index contributed by atoms with van der Waals surface area (Å²) >= 11 is 1.99. The standard InChI is InChI=1S/C29H37NO2S/c31-28(25-13-17-32-18-14-25)21-22-6-4-15-30(16-12-22)29-11-10-27(33-29)20-23-5-3-9-24-7-1-2-8-26(24)19-23/h1-2,7-8,10-11,21,23,25H,3-6,9,12-20H2. The van der Waals surface area contributed by atoms with Gasteiger partial charge in [-0.1, -0.05) is 29.8 Å². The fraction of sp³-hybridized carbons (Fsp3) is 0.552. The Balaban J connectivity index is 1.17. The van der Waals surface area contributed by atoms with E-state index in [1.807, 2.05) is 17.4 Å². The van der Waals surface area contributed by atoms with E-state index in [0.717, 1.165) is 64.3 Å². The molecule has 4 heteroatoms. The van der Waals surface area contributed by atoms with Crippen LogP contribution in [0.15, 0.2) is 48.0 Å². The van der Waals surface area contributed by atoms with E-state index in [9.17, 15) is 4.79 Å². The third-order valence-electron chi connectivity index (χ3n) is 7.73. The van der Waals surface area contributed by atoms with Crippen LogP contribution in [0.2, 0.25) is 0 Å². The van der Waals surface area contributed by atoms with Crippen molar-refractivity contribution in [2.75, 3.05) is 31.2 Å². The highest BCUT2D eigenvalue weighted by atomic mass is 32.1. The van der Waals surface area contributed by atoms with Gasteiger partial charge in [-0.25, -0.2) is 0 Å². The van der Waals surface area contributed by atoms with E-state index in [1.165, 1.54) is 47.6 Å². The molecule has 0 radical (unpaired) electrons. The Kier molecular flexibility index (Phi) is 7.63. The highest BCUT2D eigenvalue weighted by Crippen LogP contribution is 2.33. The molecule has 5 rings (SSSR count). The van der Waals surface area contributed by atoms with Crippen LogP contribution in [0.5, 0.6) is 0 Å². The van der Waals surface area contributed by atoms with Crippen molar-refractivity contribution in [3.05, 3.63) is 64.1 Å². The van der Waals surface area contributed by atoms with Crippen LogP contribution in [0.3, 0.4) is 0 Å². The summed E-state index contributed by atoms with van der Waals surface area (Å²) in [6.07, 6.45) is 13.3. The lowest BCUT2D eigenvalue weighted by Gasteiger charge is -2.20. The molecule has 33 heavy (non-hydrogen) atoms. The number of benzene rings is 1. The van der Waals surface area contributed by atoms with Crippen LogP contribution in [-0.4, -0.2) is 32.1 Å². The molecule has 1 aromatic carbocycles. The predicted molar refractivity (Wildman–Crippen MR) is 137 cm³/mol. The minimum absolute atomic E-state index is 0.182. The summed E-state index contributed by atoms with van der Waals surface area (Å²) in [5.74, 6) is 1.28. The van der Waals surface area contributed by atoms with Gasteiger partial charge in [0.25, 0.3) is 0 Å². The molecule has 1 aromatic heterocycles. The van der Waals surface area contributed by atoms with Crippen LogP contribution >= 0.6 is 11.3 Å². The number of allylic oxidation sites excluding steroid dienone is 1. The Morgan fingerprint density at radius 3 is 2.70 bits per heavy atom. The minimum Gasteiger partial charge on any atom is -0.381 e. The van der Waals surface area contributed by atoms with Crippen molar-refractivity contribution in [1.82, 2.24) is 0 Å². The van der Waals surface area contributed by atoms with E-state index >= 15 is 0 Å². The molecule has 1 atom stereocenters. The summed E-state index contributed by atoms with van der Waals surface area (Å²) in [7, 11) is 0. The van der Waals surface area contributed by atoms with E-state index in [1.54, 1.807) is 11.1 Å². The van der Waals surface area contributed by atoms with E-state index < -0.39 is 0 Å². The lowest BCUT2D eigenvalue weighted by molar-refractivity contribution is -0.120. The Bertz CT molecular complexity index is 972. The molecule has 1 unspecified atom stereocenters. The highest BCUT2D eigenvalue weighted by molar-refractivity contribution is 7.16. The second kappa shape index (κ2) is 11.0. The number of fused-ring (bicyclic) bond motifs is 1. The first-order valence-corrected chi connectivity index (χ1v) is 13.8. The first kappa shape index (κ1) is 22.9. The monoisotopic (exact) mass is 463 g/mol. The number of hydrogen-bond acceptors (Lipinski definition) is 4. The third-order valence-corrected chi connectivity index (χ3v) is 8.90. The Hall–Kier alpha value is -1.91. The number of carbonyl (C=O) groups excluding carboxylic acids is 1. The molecule has 2 fully saturated rings. The number of ketones is 1. The Morgan fingerprint density at radius 1 is 0.970 bits per heavy atom. The molecular formula is C29H37NO2S. The maximum absolute atomic E-state index is 12.7. The van der Waals surface area contributed by atoms with Gasteiger partial charge >= 0.3 is 0 Å². The van der Waals surface area contributed by atoms with Crippen LogP contribution in [0.4, 0.5) is 5.00 Å². The number of thiophene rings is 1. The summed E-state index contributed by atoms with van der Waals surface area (Å²) in [6, 6.07) is 13.7. The molecule has 2 saturated heterocycles. The summed E-state index contributed by atoms with van der Waals surface area (Å²) in [4.78, 5) is 16.8. The zero-order chi connectivity index (χ0) is 22.5. The fourth-order valence-corrected chi connectivity index (χ4v) is 6.95. The largest absolute Gasteiger partial charge is 0.381 e. The molecule has 0 N–H and O–H groups in total. The smallest absolute Gasteiger partial charge is 0.158 e. The summed E-state index contributed by atoms with van der Waals surface area (Å²) in [6.45, 7) is 3.60.